The Labute approximate surface area is 98.8 Å². The number of carbonyl (C=O) groups is 1. The number of halogens is 1. The number of benzene rings is 1. The van der Waals surface area contributed by atoms with Gasteiger partial charge >= 0.3 is 5.97 Å². The van der Waals surface area contributed by atoms with Crippen molar-refractivity contribution < 1.29 is 9.53 Å². The van der Waals surface area contributed by atoms with Crippen LogP contribution in [-0.4, -0.2) is 13.1 Å². The molecule has 1 aromatic rings. The maximum absolute atomic E-state index is 11.6. The molecule has 0 aliphatic rings. The average molecular weight is 271 g/mol. The topological polar surface area (TPSA) is 26.3 Å². The molecule has 1 unspecified atom stereocenters. The lowest BCUT2D eigenvalue weighted by molar-refractivity contribution is -0.142. The van der Waals surface area contributed by atoms with Gasteiger partial charge in [-0.25, -0.2) is 0 Å². The minimum absolute atomic E-state index is 0.141. The molecular formula is C12H15BrO2. The standard InChI is InChI=1S/C12H15BrO2/c1-3-5-11(12(14)15-2)9-6-4-7-10(13)8-9/h4,6-8,11H,3,5H2,1-2H3. The zero-order valence-electron chi connectivity index (χ0n) is 9.00. The van der Waals surface area contributed by atoms with Crippen molar-refractivity contribution in [1.82, 2.24) is 0 Å². The van der Waals surface area contributed by atoms with E-state index in [9.17, 15) is 4.79 Å². The van der Waals surface area contributed by atoms with E-state index in [4.69, 9.17) is 4.74 Å². The highest BCUT2D eigenvalue weighted by atomic mass is 79.9. The second kappa shape index (κ2) is 5.91. The molecule has 0 aromatic heterocycles. The Morgan fingerprint density at radius 3 is 2.80 bits per heavy atom. The van der Waals surface area contributed by atoms with Gasteiger partial charge in [-0.2, -0.15) is 0 Å². The highest BCUT2D eigenvalue weighted by Crippen LogP contribution is 2.25. The van der Waals surface area contributed by atoms with Crippen molar-refractivity contribution >= 4 is 21.9 Å². The fraction of sp³-hybridized carbons (Fsp3) is 0.417. The SMILES string of the molecule is CCCC(C(=O)OC)c1cccc(Br)c1. The van der Waals surface area contributed by atoms with Gasteiger partial charge in [0, 0.05) is 4.47 Å². The molecule has 1 atom stereocenters. The number of hydrogen-bond acceptors (Lipinski definition) is 2. The summed E-state index contributed by atoms with van der Waals surface area (Å²) >= 11 is 3.40. The summed E-state index contributed by atoms with van der Waals surface area (Å²) in [5.41, 5.74) is 1.01. The fourth-order valence-corrected chi connectivity index (χ4v) is 1.99. The predicted molar refractivity (Wildman–Crippen MR) is 63.8 cm³/mol. The van der Waals surface area contributed by atoms with Crippen LogP contribution >= 0.6 is 15.9 Å². The quantitative estimate of drug-likeness (QED) is 0.783. The van der Waals surface area contributed by atoms with Crippen LogP contribution in [0, 0.1) is 0 Å². The number of esters is 1. The van der Waals surface area contributed by atoms with Gasteiger partial charge < -0.3 is 4.74 Å². The van der Waals surface area contributed by atoms with E-state index in [1.165, 1.54) is 7.11 Å². The summed E-state index contributed by atoms with van der Waals surface area (Å²) in [5, 5.41) is 0. The Morgan fingerprint density at radius 2 is 2.27 bits per heavy atom. The lowest BCUT2D eigenvalue weighted by Gasteiger charge is -2.14. The van der Waals surface area contributed by atoms with Gasteiger partial charge in [-0.15, -0.1) is 0 Å². The van der Waals surface area contributed by atoms with Gasteiger partial charge in [0.2, 0.25) is 0 Å². The molecule has 0 aliphatic carbocycles. The molecule has 0 N–H and O–H groups in total. The van der Waals surface area contributed by atoms with E-state index < -0.39 is 0 Å². The Bertz CT molecular complexity index is 336. The number of ether oxygens (including phenoxy) is 1. The van der Waals surface area contributed by atoms with Gasteiger partial charge in [0.1, 0.15) is 0 Å². The molecule has 1 aromatic carbocycles. The number of hydrogen-bond donors (Lipinski definition) is 0. The first-order valence-electron chi connectivity index (χ1n) is 5.02. The number of methoxy groups -OCH3 is 1. The van der Waals surface area contributed by atoms with E-state index in [1.807, 2.05) is 24.3 Å². The summed E-state index contributed by atoms with van der Waals surface area (Å²) in [4.78, 5) is 11.6. The zero-order valence-corrected chi connectivity index (χ0v) is 10.6. The summed E-state index contributed by atoms with van der Waals surface area (Å²) < 4.78 is 5.80. The van der Waals surface area contributed by atoms with E-state index in [2.05, 4.69) is 22.9 Å². The van der Waals surface area contributed by atoms with Gasteiger partial charge in [0.05, 0.1) is 13.0 Å². The maximum atomic E-state index is 11.6. The summed E-state index contributed by atoms with van der Waals surface area (Å²) in [6, 6.07) is 7.81. The fourth-order valence-electron chi connectivity index (χ4n) is 1.57. The van der Waals surface area contributed by atoms with E-state index in [1.54, 1.807) is 0 Å². The van der Waals surface area contributed by atoms with E-state index in [0.717, 1.165) is 22.9 Å². The third-order valence-electron chi connectivity index (χ3n) is 2.31. The monoisotopic (exact) mass is 270 g/mol. The minimum Gasteiger partial charge on any atom is -0.469 e. The maximum Gasteiger partial charge on any atom is 0.313 e. The average Bonchev–Trinajstić information content (AvgIpc) is 2.25. The second-order valence-electron chi connectivity index (χ2n) is 3.42. The van der Waals surface area contributed by atoms with E-state index in [-0.39, 0.29) is 11.9 Å². The Balaban J connectivity index is 2.93. The first-order valence-corrected chi connectivity index (χ1v) is 5.81. The van der Waals surface area contributed by atoms with Crippen LogP contribution in [0.2, 0.25) is 0 Å². The highest BCUT2D eigenvalue weighted by molar-refractivity contribution is 9.10. The van der Waals surface area contributed by atoms with Crippen LogP contribution in [0.15, 0.2) is 28.7 Å². The molecule has 0 heterocycles. The van der Waals surface area contributed by atoms with Crippen molar-refractivity contribution in [3.63, 3.8) is 0 Å². The summed E-state index contributed by atoms with van der Waals surface area (Å²) in [5.74, 6) is -0.299. The van der Waals surface area contributed by atoms with Crippen molar-refractivity contribution in [2.45, 2.75) is 25.7 Å². The molecule has 2 nitrogen and oxygen atoms in total. The Kier molecular flexibility index (Phi) is 4.82. The molecule has 0 fully saturated rings. The van der Waals surface area contributed by atoms with Crippen LogP contribution in [0.25, 0.3) is 0 Å². The summed E-state index contributed by atoms with van der Waals surface area (Å²) in [7, 11) is 1.43. The van der Waals surface area contributed by atoms with Gasteiger partial charge in [0.25, 0.3) is 0 Å². The van der Waals surface area contributed by atoms with Crippen molar-refractivity contribution in [3.8, 4) is 0 Å². The summed E-state index contributed by atoms with van der Waals surface area (Å²) in [6.07, 6.45) is 1.79. The Hall–Kier alpha value is -0.830. The minimum atomic E-state index is -0.157. The van der Waals surface area contributed by atoms with E-state index in [0.29, 0.717) is 0 Å². The summed E-state index contributed by atoms with van der Waals surface area (Å²) in [6.45, 7) is 2.06. The number of carbonyl (C=O) groups excluding carboxylic acids is 1. The van der Waals surface area contributed by atoms with Crippen molar-refractivity contribution in [3.05, 3.63) is 34.3 Å². The van der Waals surface area contributed by atoms with Gasteiger partial charge in [-0.3, -0.25) is 4.79 Å². The molecule has 0 bridgehead atoms. The molecule has 0 spiro atoms. The Morgan fingerprint density at radius 1 is 1.53 bits per heavy atom. The third kappa shape index (κ3) is 3.34. The normalized spacial score (nSPS) is 12.2. The van der Waals surface area contributed by atoms with E-state index >= 15 is 0 Å². The molecule has 0 aliphatic heterocycles. The van der Waals surface area contributed by atoms with Crippen LogP contribution in [-0.2, 0) is 9.53 Å². The van der Waals surface area contributed by atoms with Gasteiger partial charge in [-0.1, -0.05) is 41.4 Å². The molecule has 15 heavy (non-hydrogen) atoms. The number of rotatable bonds is 4. The molecular weight excluding hydrogens is 256 g/mol. The van der Waals surface area contributed by atoms with Crippen molar-refractivity contribution in [2.75, 3.05) is 7.11 Å². The molecule has 82 valence electrons. The highest BCUT2D eigenvalue weighted by Gasteiger charge is 2.20. The lowest BCUT2D eigenvalue weighted by Crippen LogP contribution is -2.14. The van der Waals surface area contributed by atoms with Crippen molar-refractivity contribution in [1.29, 1.82) is 0 Å². The first-order chi connectivity index (χ1) is 7.19. The van der Waals surface area contributed by atoms with Crippen LogP contribution in [0.1, 0.15) is 31.2 Å². The van der Waals surface area contributed by atoms with Gasteiger partial charge in [0.15, 0.2) is 0 Å². The molecule has 1 rings (SSSR count). The smallest absolute Gasteiger partial charge is 0.313 e. The largest absolute Gasteiger partial charge is 0.469 e. The molecule has 0 saturated carbocycles. The predicted octanol–water partition coefficient (Wildman–Crippen LogP) is 3.51. The van der Waals surface area contributed by atoms with Crippen LogP contribution < -0.4 is 0 Å². The van der Waals surface area contributed by atoms with Crippen LogP contribution in [0.4, 0.5) is 0 Å². The van der Waals surface area contributed by atoms with Gasteiger partial charge in [-0.05, 0) is 24.1 Å². The van der Waals surface area contributed by atoms with Crippen LogP contribution in [0.5, 0.6) is 0 Å². The molecule has 0 radical (unpaired) electrons. The zero-order chi connectivity index (χ0) is 11.3. The van der Waals surface area contributed by atoms with Crippen LogP contribution in [0.3, 0.4) is 0 Å². The molecule has 3 heteroatoms. The van der Waals surface area contributed by atoms with Crippen molar-refractivity contribution in [2.24, 2.45) is 0 Å². The second-order valence-corrected chi connectivity index (χ2v) is 4.34. The first kappa shape index (κ1) is 12.2. The molecule has 0 amide bonds. The lowest BCUT2D eigenvalue weighted by atomic mass is 9.95. The molecule has 0 saturated heterocycles. The third-order valence-corrected chi connectivity index (χ3v) is 2.81.